The zero-order chi connectivity index (χ0) is 19.8. The number of alkyl halides is 3. The number of aryl methyl sites for hydroxylation is 2. The van der Waals surface area contributed by atoms with Gasteiger partial charge < -0.3 is 9.42 Å². The molecule has 0 radical (unpaired) electrons. The van der Waals surface area contributed by atoms with E-state index in [4.69, 9.17) is 4.52 Å². The van der Waals surface area contributed by atoms with E-state index in [2.05, 4.69) is 15.1 Å². The Bertz CT molecular complexity index is 910. The average molecular weight is 405 g/mol. The normalized spacial score (nSPS) is 17.1. The van der Waals surface area contributed by atoms with Gasteiger partial charge in [-0.05, 0) is 26.3 Å². The molecule has 3 heterocycles. The molecule has 1 fully saturated rings. The van der Waals surface area contributed by atoms with Crippen LogP contribution >= 0.6 is 0 Å². The molecule has 2 aromatic heterocycles. The number of hydrogen-bond acceptors (Lipinski definition) is 7. The molecule has 0 aromatic carbocycles. The van der Waals surface area contributed by atoms with Gasteiger partial charge in [-0.25, -0.2) is 18.4 Å². The van der Waals surface area contributed by atoms with Crippen molar-refractivity contribution in [2.75, 3.05) is 31.1 Å². The van der Waals surface area contributed by atoms with Gasteiger partial charge >= 0.3 is 6.18 Å². The molecule has 0 bridgehead atoms. The van der Waals surface area contributed by atoms with Crippen LogP contribution < -0.4 is 4.90 Å². The van der Waals surface area contributed by atoms with Gasteiger partial charge in [0.25, 0.3) is 0 Å². The maximum atomic E-state index is 12.9. The topological polar surface area (TPSA) is 92.4 Å². The third-order valence-electron chi connectivity index (χ3n) is 4.24. The van der Waals surface area contributed by atoms with E-state index in [0.717, 1.165) is 12.3 Å². The first-order valence-corrected chi connectivity index (χ1v) is 9.63. The predicted molar refractivity (Wildman–Crippen MR) is 88.6 cm³/mol. The quantitative estimate of drug-likeness (QED) is 0.771. The van der Waals surface area contributed by atoms with E-state index in [9.17, 15) is 21.6 Å². The molecular formula is C15H18F3N5O3S. The Morgan fingerprint density at radius 1 is 1.15 bits per heavy atom. The maximum Gasteiger partial charge on any atom is 0.433 e. The second-order valence-electron chi connectivity index (χ2n) is 6.14. The van der Waals surface area contributed by atoms with Gasteiger partial charge in [-0.2, -0.15) is 17.5 Å². The Kier molecular flexibility index (Phi) is 5.12. The summed E-state index contributed by atoms with van der Waals surface area (Å²) in [7, 11) is -3.81. The predicted octanol–water partition coefficient (Wildman–Crippen LogP) is 2.00. The summed E-state index contributed by atoms with van der Waals surface area (Å²) >= 11 is 0. The minimum atomic E-state index is -4.57. The highest BCUT2D eigenvalue weighted by atomic mass is 32.2. The van der Waals surface area contributed by atoms with E-state index in [1.54, 1.807) is 11.8 Å². The minimum Gasteiger partial charge on any atom is -0.360 e. The van der Waals surface area contributed by atoms with Crippen LogP contribution in [0.3, 0.4) is 0 Å². The third-order valence-corrected chi connectivity index (χ3v) is 6.38. The van der Waals surface area contributed by atoms with Crippen molar-refractivity contribution in [2.24, 2.45) is 0 Å². The van der Waals surface area contributed by atoms with Crippen LogP contribution in [0.15, 0.2) is 21.7 Å². The second-order valence-corrected chi connectivity index (χ2v) is 8.01. The van der Waals surface area contributed by atoms with E-state index in [1.165, 1.54) is 11.2 Å². The molecule has 148 valence electrons. The zero-order valence-corrected chi connectivity index (χ0v) is 15.5. The first kappa shape index (κ1) is 19.5. The Labute approximate surface area is 154 Å². The number of aromatic nitrogens is 3. The minimum absolute atomic E-state index is 0.0336. The molecule has 1 aliphatic heterocycles. The summed E-state index contributed by atoms with van der Waals surface area (Å²) in [5.74, 6) is 0.135. The van der Waals surface area contributed by atoms with E-state index in [0.29, 0.717) is 13.0 Å². The fraction of sp³-hybridized carbons (Fsp3) is 0.533. The molecule has 0 N–H and O–H groups in total. The Balaban J connectivity index is 1.80. The van der Waals surface area contributed by atoms with Crippen LogP contribution in [-0.2, 0) is 16.2 Å². The van der Waals surface area contributed by atoms with Crippen molar-refractivity contribution in [3.8, 4) is 0 Å². The summed E-state index contributed by atoms with van der Waals surface area (Å²) in [6, 6.07) is 0.801. The summed E-state index contributed by atoms with van der Waals surface area (Å²) in [5, 5.41) is 3.68. The molecule has 0 amide bonds. The maximum absolute atomic E-state index is 12.9. The number of hydrogen-bond donors (Lipinski definition) is 0. The number of rotatable bonds is 3. The molecule has 3 rings (SSSR count). The Morgan fingerprint density at radius 2 is 1.89 bits per heavy atom. The fourth-order valence-corrected chi connectivity index (χ4v) is 4.73. The lowest BCUT2D eigenvalue weighted by molar-refractivity contribution is -0.141. The molecule has 1 saturated heterocycles. The van der Waals surface area contributed by atoms with Crippen LogP contribution in [0, 0.1) is 13.8 Å². The molecule has 8 nitrogen and oxygen atoms in total. The molecule has 12 heteroatoms. The van der Waals surface area contributed by atoms with Gasteiger partial charge in [0.05, 0.1) is 0 Å². The molecule has 1 aliphatic rings. The number of nitrogens with zero attached hydrogens (tertiary/aromatic N) is 5. The van der Waals surface area contributed by atoms with Gasteiger partial charge in [0.1, 0.15) is 16.3 Å². The van der Waals surface area contributed by atoms with Crippen molar-refractivity contribution in [1.82, 2.24) is 19.4 Å². The highest BCUT2D eigenvalue weighted by Gasteiger charge is 2.35. The summed E-state index contributed by atoms with van der Waals surface area (Å²) in [6.45, 7) is 3.89. The molecule has 0 unspecified atom stereocenters. The standard InChI is InChI=1S/C15H18F3N5O3S/c1-10-13(11(2)26-21-10)27(24,25)23-7-3-6-22(8-9-23)14-19-5-4-12(20-14)15(16,17)18/h4-5H,3,6-9H2,1-2H3. The van der Waals surface area contributed by atoms with Gasteiger partial charge in [-0.15, -0.1) is 0 Å². The largest absolute Gasteiger partial charge is 0.433 e. The van der Waals surface area contributed by atoms with Crippen LogP contribution in [0.1, 0.15) is 23.6 Å². The van der Waals surface area contributed by atoms with E-state index in [-0.39, 0.29) is 41.9 Å². The number of anilines is 1. The number of sulfonamides is 1. The fourth-order valence-electron chi connectivity index (χ4n) is 2.96. The third kappa shape index (κ3) is 3.90. The van der Waals surface area contributed by atoms with Crippen LogP contribution in [0.25, 0.3) is 0 Å². The molecular weight excluding hydrogens is 387 g/mol. The smallest absolute Gasteiger partial charge is 0.360 e. The van der Waals surface area contributed by atoms with E-state index >= 15 is 0 Å². The van der Waals surface area contributed by atoms with Crippen molar-refractivity contribution in [3.05, 3.63) is 29.4 Å². The molecule has 2 aromatic rings. The highest BCUT2D eigenvalue weighted by molar-refractivity contribution is 7.89. The van der Waals surface area contributed by atoms with Crippen LogP contribution in [0.4, 0.5) is 19.1 Å². The summed E-state index contributed by atoms with van der Waals surface area (Å²) in [6.07, 6.45) is -3.10. The van der Waals surface area contributed by atoms with Gasteiger partial charge in [0.15, 0.2) is 5.76 Å². The number of halogens is 3. The average Bonchev–Trinajstić information content (AvgIpc) is 2.81. The highest BCUT2D eigenvalue weighted by Crippen LogP contribution is 2.29. The van der Waals surface area contributed by atoms with Crippen molar-refractivity contribution >= 4 is 16.0 Å². The molecule has 0 saturated carbocycles. The summed E-state index contributed by atoms with van der Waals surface area (Å²) in [4.78, 5) is 9.06. The van der Waals surface area contributed by atoms with Crippen molar-refractivity contribution in [1.29, 1.82) is 0 Å². The van der Waals surface area contributed by atoms with Crippen LogP contribution in [0.5, 0.6) is 0 Å². The second kappa shape index (κ2) is 7.08. The van der Waals surface area contributed by atoms with Gasteiger partial charge in [0.2, 0.25) is 16.0 Å². The first-order valence-electron chi connectivity index (χ1n) is 8.19. The van der Waals surface area contributed by atoms with Gasteiger partial charge in [0, 0.05) is 32.4 Å². The lowest BCUT2D eigenvalue weighted by Gasteiger charge is -2.22. The van der Waals surface area contributed by atoms with Gasteiger partial charge in [-0.3, -0.25) is 0 Å². The van der Waals surface area contributed by atoms with Crippen LogP contribution in [0.2, 0.25) is 0 Å². The van der Waals surface area contributed by atoms with Crippen molar-refractivity contribution in [2.45, 2.75) is 31.3 Å². The SMILES string of the molecule is Cc1noc(C)c1S(=O)(=O)N1CCCN(c2nccc(C(F)(F)F)n2)CC1. The molecule has 0 spiro atoms. The Hall–Kier alpha value is -2.21. The van der Waals surface area contributed by atoms with E-state index < -0.39 is 21.9 Å². The lowest BCUT2D eigenvalue weighted by atomic mass is 10.4. The Morgan fingerprint density at radius 3 is 2.52 bits per heavy atom. The summed E-state index contributed by atoms with van der Waals surface area (Å²) in [5.41, 5.74) is -0.758. The summed E-state index contributed by atoms with van der Waals surface area (Å²) < 4.78 is 70.6. The van der Waals surface area contributed by atoms with E-state index in [1.807, 2.05) is 0 Å². The van der Waals surface area contributed by atoms with Crippen molar-refractivity contribution < 1.29 is 26.1 Å². The van der Waals surface area contributed by atoms with Gasteiger partial charge in [-0.1, -0.05) is 5.16 Å². The van der Waals surface area contributed by atoms with Crippen molar-refractivity contribution in [3.63, 3.8) is 0 Å². The first-order chi connectivity index (χ1) is 12.6. The van der Waals surface area contributed by atoms with Crippen LogP contribution in [-0.4, -0.2) is 54.0 Å². The monoisotopic (exact) mass is 405 g/mol. The molecule has 0 aliphatic carbocycles. The molecule has 0 atom stereocenters. The zero-order valence-electron chi connectivity index (χ0n) is 14.7. The lowest BCUT2D eigenvalue weighted by Crippen LogP contribution is -2.36. The molecule has 27 heavy (non-hydrogen) atoms.